The molecular weight excluding hydrogens is 342 g/mol. The first-order valence-electron chi connectivity index (χ1n) is 8.02. The number of carbonyl (C=O) groups is 1. The Morgan fingerprint density at radius 1 is 1.32 bits per heavy atom. The molecule has 2 aromatic carbocycles. The maximum Gasteiger partial charge on any atom is 0.274 e. The van der Waals surface area contributed by atoms with Crippen molar-refractivity contribution in [2.75, 3.05) is 6.54 Å². The molecule has 1 unspecified atom stereocenters. The fraction of sp³-hybridized carbons (Fsp3) is 0.278. The summed E-state index contributed by atoms with van der Waals surface area (Å²) in [5.41, 5.74) is 6.98. The van der Waals surface area contributed by atoms with Crippen molar-refractivity contribution in [3.05, 3.63) is 74.3 Å². The highest BCUT2D eigenvalue weighted by atomic mass is 35.5. The average Bonchev–Trinajstić information content (AvgIpc) is 3.03. The third-order valence-corrected chi connectivity index (χ3v) is 4.77. The van der Waals surface area contributed by atoms with Crippen LogP contribution in [0.5, 0.6) is 0 Å². The van der Waals surface area contributed by atoms with Gasteiger partial charge in [-0.3, -0.25) is 19.8 Å². The molecule has 6 nitrogen and oxygen atoms in total. The van der Waals surface area contributed by atoms with Crippen LogP contribution in [-0.4, -0.2) is 22.3 Å². The molecule has 3 rings (SSSR count). The Bertz CT molecular complexity index is 825. The first kappa shape index (κ1) is 17.4. The van der Waals surface area contributed by atoms with Crippen LogP contribution in [0.1, 0.15) is 40.4 Å². The number of halogens is 1. The van der Waals surface area contributed by atoms with Gasteiger partial charge in [0, 0.05) is 34.8 Å². The monoisotopic (exact) mass is 359 g/mol. The number of hydrogen-bond acceptors (Lipinski definition) is 4. The van der Waals surface area contributed by atoms with Gasteiger partial charge in [-0.05, 0) is 43.1 Å². The molecule has 0 aromatic heterocycles. The van der Waals surface area contributed by atoms with Crippen molar-refractivity contribution in [1.82, 2.24) is 4.90 Å². The molecule has 2 aromatic rings. The van der Waals surface area contributed by atoms with Gasteiger partial charge in [0.2, 0.25) is 5.91 Å². The third-order valence-electron chi connectivity index (χ3n) is 4.54. The summed E-state index contributed by atoms with van der Waals surface area (Å²) in [5, 5.41) is 12.1. The van der Waals surface area contributed by atoms with Crippen LogP contribution in [0.25, 0.3) is 0 Å². The minimum atomic E-state index is -0.673. The minimum Gasteiger partial charge on any atom is -0.366 e. The lowest BCUT2D eigenvalue weighted by Crippen LogP contribution is -2.23. The lowest BCUT2D eigenvalue weighted by Gasteiger charge is -2.25. The van der Waals surface area contributed by atoms with E-state index in [9.17, 15) is 14.9 Å². The second-order valence-corrected chi connectivity index (χ2v) is 6.58. The quantitative estimate of drug-likeness (QED) is 0.651. The molecule has 0 spiro atoms. The molecule has 0 aliphatic carbocycles. The third kappa shape index (κ3) is 3.81. The fourth-order valence-electron chi connectivity index (χ4n) is 3.35. The molecule has 1 atom stereocenters. The van der Waals surface area contributed by atoms with Gasteiger partial charge >= 0.3 is 0 Å². The topological polar surface area (TPSA) is 89.5 Å². The van der Waals surface area contributed by atoms with Crippen molar-refractivity contribution < 1.29 is 9.72 Å². The van der Waals surface area contributed by atoms with Crippen LogP contribution in [0.3, 0.4) is 0 Å². The lowest BCUT2D eigenvalue weighted by molar-refractivity contribution is -0.385. The number of nitro groups is 1. The molecule has 1 fully saturated rings. The lowest BCUT2D eigenvalue weighted by atomic mass is 10.0. The zero-order chi connectivity index (χ0) is 18.0. The zero-order valence-corrected chi connectivity index (χ0v) is 14.3. The van der Waals surface area contributed by atoms with Crippen LogP contribution >= 0.6 is 11.6 Å². The Kier molecular flexibility index (Phi) is 5.01. The van der Waals surface area contributed by atoms with Crippen LogP contribution < -0.4 is 5.73 Å². The molecule has 0 radical (unpaired) electrons. The number of likely N-dealkylation sites (tertiary alicyclic amines) is 1. The van der Waals surface area contributed by atoms with Gasteiger partial charge in [-0.2, -0.15) is 0 Å². The van der Waals surface area contributed by atoms with Crippen molar-refractivity contribution in [2.45, 2.75) is 25.4 Å². The van der Waals surface area contributed by atoms with Crippen molar-refractivity contribution in [3.8, 4) is 0 Å². The van der Waals surface area contributed by atoms with Crippen LogP contribution in [0.4, 0.5) is 5.69 Å². The summed E-state index contributed by atoms with van der Waals surface area (Å²) in [4.78, 5) is 24.4. The first-order chi connectivity index (χ1) is 12.0. The van der Waals surface area contributed by atoms with Gasteiger partial charge in [-0.1, -0.05) is 29.8 Å². The maximum atomic E-state index is 11.4. The predicted octanol–water partition coefficient (Wildman–Crippen LogP) is 3.68. The van der Waals surface area contributed by atoms with E-state index in [0.29, 0.717) is 17.1 Å². The Labute approximate surface area is 150 Å². The van der Waals surface area contributed by atoms with Gasteiger partial charge in [0.1, 0.15) is 0 Å². The Morgan fingerprint density at radius 3 is 2.80 bits per heavy atom. The smallest absolute Gasteiger partial charge is 0.274 e. The number of carbonyl (C=O) groups excluding carboxylic acids is 1. The van der Waals surface area contributed by atoms with Crippen molar-refractivity contribution in [3.63, 3.8) is 0 Å². The number of primary amides is 1. The van der Waals surface area contributed by atoms with E-state index in [2.05, 4.69) is 4.90 Å². The second kappa shape index (κ2) is 7.21. The maximum absolute atomic E-state index is 11.4. The molecule has 1 aliphatic rings. The largest absolute Gasteiger partial charge is 0.366 e. The fourth-order valence-corrected chi connectivity index (χ4v) is 3.55. The van der Waals surface area contributed by atoms with Crippen LogP contribution in [-0.2, 0) is 6.54 Å². The molecule has 7 heteroatoms. The molecular formula is C18H18ClN3O3. The summed E-state index contributed by atoms with van der Waals surface area (Å²) >= 11 is 6.09. The molecule has 130 valence electrons. The summed E-state index contributed by atoms with van der Waals surface area (Å²) in [7, 11) is 0. The van der Waals surface area contributed by atoms with Gasteiger partial charge in [-0.15, -0.1) is 0 Å². The Balaban J connectivity index is 1.88. The van der Waals surface area contributed by atoms with Gasteiger partial charge < -0.3 is 5.73 Å². The number of amides is 1. The van der Waals surface area contributed by atoms with Gasteiger partial charge in [-0.25, -0.2) is 0 Å². The zero-order valence-electron chi connectivity index (χ0n) is 13.5. The molecule has 2 N–H and O–H groups in total. The normalized spacial score (nSPS) is 17.6. The second-order valence-electron chi connectivity index (χ2n) is 6.15. The van der Waals surface area contributed by atoms with Gasteiger partial charge in [0.15, 0.2) is 0 Å². The summed E-state index contributed by atoms with van der Waals surface area (Å²) in [6, 6.07) is 12.3. The van der Waals surface area contributed by atoms with E-state index in [1.807, 2.05) is 24.3 Å². The molecule has 0 bridgehead atoms. The van der Waals surface area contributed by atoms with Crippen LogP contribution in [0, 0.1) is 10.1 Å². The number of benzene rings is 2. The number of nitrogens with two attached hydrogens (primary N) is 1. The molecule has 25 heavy (non-hydrogen) atoms. The van der Waals surface area contributed by atoms with Crippen LogP contribution in [0.15, 0.2) is 42.5 Å². The minimum absolute atomic E-state index is 0.0759. The van der Waals surface area contributed by atoms with Gasteiger partial charge in [0.05, 0.1) is 4.92 Å². The van der Waals surface area contributed by atoms with E-state index in [1.165, 1.54) is 12.1 Å². The number of rotatable bonds is 5. The summed E-state index contributed by atoms with van der Waals surface area (Å²) < 4.78 is 0. The van der Waals surface area contributed by atoms with E-state index >= 15 is 0 Å². The number of nitro benzene ring substituents is 1. The highest BCUT2D eigenvalue weighted by Gasteiger charge is 2.28. The van der Waals surface area contributed by atoms with Crippen molar-refractivity contribution >= 4 is 23.2 Å². The Hall–Kier alpha value is -2.44. The molecule has 0 saturated carbocycles. The highest BCUT2D eigenvalue weighted by Crippen LogP contribution is 2.35. The van der Waals surface area contributed by atoms with E-state index < -0.39 is 10.8 Å². The van der Waals surface area contributed by atoms with E-state index in [4.69, 9.17) is 17.3 Å². The van der Waals surface area contributed by atoms with Crippen LogP contribution in [0.2, 0.25) is 5.02 Å². The SMILES string of the molecule is NC(=O)c1ccc(CN2CCCC2c2cccc(Cl)c2)c([N+](=O)[O-])c1. The predicted molar refractivity (Wildman–Crippen MR) is 95.5 cm³/mol. The van der Waals surface area contributed by atoms with Crippen molar-refractivity contribution in [2.24, 2.45) is 5.73 Å². The number of nitrogens with zero attached hydrogens (tertiary/aromatic N) is 2. The molecule has 1 saturated heterocycles. The number of hydrogen-bond donors (Lipinski definition) is 1. The summed E-state index contributed by atoms with van der Waals surface area (Å²) in [5.74, 6) is -0.673. The highest BCUT2D eigenvalue weighted by molar-refractivity contribution is 6.30. The average molecular weight is 360 g/mol. The molecule has 1 amide bonds. The molecule has 1 heterocycles. The van der Waals surface area contributed by atoms with Crippen molar-refractivity contribution in [1.29, 1.82) is 0 Å². The summed E-state index contributed by atoms with van der Waals surface area (Å²) in [6.45, 7) is 1.29. The van der Waals surface area contributed by atoms with E-state index in [-0.39, 0.29) is 17.3 Å². The van der Waals surface area contributed by atoms with E-state index in [1.54, 1.807) is 6.07 Å². The molecule has 1 aliphatic heterocycles. The standard InChI is InChI=1S/C18H18ClN3O3/c19-15-4-1-3-12(9-15)16-5-2-8-21(16)11-14-7-6-13(18(20)23)10-17(14)22(24)25/h1,3-4,6-7,9-10,16H,2,5,8,11H2,(H2,20,23). The Morgan fingerprint density at radius 2 is 2.12 bits per heavy atom. The summed E-state index contributed by atoms with van der Waals surface area (Å²) in [6.07, 6.45) is 2.00. The first-order valence-corrected chi connectivity index (χ1v) is 8.40. The van der Waals surface area contributed by atoms with E-state index in [0.717, 1.165) is 24.9 Å². The van der Waals surface area contributed by atoms with Gasteiger partial charge in [0.25, 0.3) is 5.69 Å².